The lowest BCUT2D eigenvalue weighted by Gasteiger charge is -2.24. The summed E-state index contributed by atoms with van der Waals surface area (Å²) in [6.45, 7) is 2.70. The summed E-state index contributed by atoms with van der Waals surface area (Å²) in [5.74, 6) is -1.78. The molecule has 0 fully saturated rings. The first kappa shape index (κ1) is 15.0. The SMILES string of the molecule is CCN(Cc1ccccc1)c1c(F)cc(C(=N)N)cc1F. The van der Waals surface area contributed by atoms with Gasteiger partial charge in [0.25, 0.3) is 0 Å². The van der Waals surface area contributed by atoms with E-state index < -0.39 is 11.6 Å². The predicted molar refractivity (Wildman–Crippen MR) is 80.5 cm³/mol. The van der Waals surface area contributed by atoms with Crippen LogP contribution in [0.1, 0.15) is 18.1 Å². The molecule has 0 aliphatic heterocycles. The van der Waals surface area contributed by atoms with Gasteiger partial charge in [-0.05, 0) is 24.6 Å². The number of hydrogen-bond acceptors (Lipinski definition) is 2. The van der Waals surface area contributed by atoms with E-state index in [-0.39, 0.29) is 17.1 Å². The van der Waals surface area contributed by atoms with Gasteiger partial charge in [0, 0.05) is 18.7 Å². The number of hydrogen-bond donors (Lipinski definition) is 2. The minimum absolute atomic E-state index is 0.0458. The number of benzene rings is 2. The third-order valence-electron chi connectivity index (χ3n) is 3.24. The fraction of sp³-hybridized carbons (Fsp3) is 0.188. The van der Waals surface area contributed by atoms with E-state index in [1.54, 1.807) is 4.90 Å². The zero-order valence-electron chi connectivity index (χ0n) is 11.7. The number of nitrogens with two attached hydrogens (primary N) is 1. The van der Waals surface area contributed by atoms with E-state index in [2.05, 4.69) is 0 Å². The third kappa shape index (κ3) is 3.37. The van der Waals surface area contributed by atoms with Crippen molar-refractivity contribution in [3.8, 4) is 0 Å². The van der Waals surface area contributed by atoms with Gasteiger partial charge < -0.3 is 10.6 Å². The van der Waals surface area contributed by atoms with Gasteiger partial charge in [0.2, 0.25) is 0 Å². The molecule has 0 aromatic heterocycles. The molecule has 0 saturated carbocycles. The average Bonchev–Trinajstić information content (AvgIpc) is 2.46. The molecule has 0 bridgehead atoms. The summed E-state index contributed by atoms with van der Waals surface area (Å²) in [5.41, 5.74) is 6.19. The molecule has 0 atom stereocenters. The Labute approximate surface area is 122 Å². The Morgan fingerprint density at radius 2 is 1.71 bits per heavy atom. The molecule has 0 saturated heterocycles. The second kappa shape index (κ2) is 6.35. The van der Waals surface area contributed by atoms with Crippen molar-refractivity contribution in [3.63, 3.8) is 0 Å². The van der Waals surface area contributed by atoms with Gasteiger partial charge in [-0.1, -0.05) is 30.3 Å². The molecule has 0 aliphatic rings. The third-order valence-corrected chi connectivity index (χ3v) is 3.24. The number of nitrogens with one attached hydrogen (secondary N) is 1. The normalized spacial score (nSPS) is 10.4. The highest BCUT2D eigenvalue weighted by molar-refractivity contribution is 5.95. The average molecular weight is 289 g/mol. The van der Waals surface area contributed by atoms with Gasteiger partial charge in [0.15, 0.2) is 0 Å². The number of amidine groups is 1. The smallest absolute Gasteiger partial charge is 0.150 e. The number of nitrogens with zero attached hydrogens (tertiary/aromatic N) is 1. The van der Waals surface area contributed by atoms with Crippen LogP contribution in [0.15, 0.2) is 42.5 Å². The summed E-state index contributed by atoms with van der Waals surface area (Å²) in [5, 5.41) is 7.26. The highest BCUT2D eigenvalue weighted by Gasteiger charge is 2.18. The van der Waals surface area contributed by atoms with Crippen LogP contribution in [-0.4, -0.2) is 12.4 Å². The topological polar surface area (TPSA) is 53.1 Å². The first-order valence-electron chi connectivity index (χ1n) is 6.65. The molecule has 0 spiro atoms. The maximum absolute atomic E-state index is 14.2. The lowest BCUT2D eigenvalue weighted by atomic mass is 10.1. The molecule has 3 nitrogen and oxygen atoms in total. The number of nitrogen functional groups attached to an aromatic ring is 1. The molecule has 2 aromatic carbocycles. The lowest BCUT2D eigenvalue weighted by molar-refractivity contribution is 0.571. The lowest BCUT2D eigenvalue weighted by Crippen LogP contribution is -2.25. The Hall–Kier alpha value is -2.43. The first-order chi connectivity index (χ1) is 10.0. The highest BCUT2D eigenvalue weighted by atomic mass is 19.1. The van der Waals surface area contributed by atoms with E-state index in [0.717, 1.165) is 17.7 Å². The molecular formula is C16H17F2N3. The van der Waals surface area contributed by atoms with E-state index in [1.807, 2.05) is 37.3 Å². The van der Waals surface area contributed by atoms with Gasteiger partial charge in [-0.15, -0.1) is 0 Å². The predicted octanol–water partition coefficient (Wildman–Crippen LogP) is 3.28. The Bertz CT molecular complexity index is 618. The van der Waals surface area contributed by atoms with Crippen LogP contribution in [0, 0.1) is 17.0 Å². The monoisotopic (exact) mass is 289 g/mol. The molecule has 2 rings (SSSR count). The largest absolute Gasteiger partial charge is 0.384 e. The van der Waals surface area contributed by atoms with E-state index in [9.17, 15) is 8.78 Å². The van der Waals surface area contributed by atoms with E-state index >= 15 is 0 Å². The number of rotatable bonds is 5. The van der Waals surface area contributed by atoms with Crippen LogP contribution in [-0.2, 0) is 6.54 Å². The second-order valence-corrected chi connectivity index (χ2v) is 4.70. The summed E-state index contributed by atoms with van der Waals surface area (Å²) >= 11 is 0. The van der Waals surface area contributed by atoms with Crippen molar-refractivity contribution in [1.82, 2.24) is 0 Å². The van der Waals surface area contributed by atoms with Crippen molar-refractivity contribution in [1.29, 1.82) is 5.41 Å². The zero-order chi connectivity index (χ0) is 15.4. The van der Waals surface area contributed by atoms with Gasteiger partial charge in [0.1, 0.15) is 23.2 Å². The van der Waals surface area contributed by atoms with Gasteiger partial charge in [-0.2, -0.15) is 0 Å². The molecule has 5 heteroatoms. The minimum Gasteiger partial charge on any atom is -0.384 e. The highest BCUT2D eigenvalue weighted by Crippen LogP contribution is 2.26. The molecule has 21 heavy (non-hydrogen) atoms. The summed E-state index contributed by atoms with van der Waals surface area (Å²) < 4.78 is 28.4. The molecule has 2 aromatic rings. The van der Waals surface area contributed by atoms with Crippen LogP contribution in [0.25, 0.3) is 0 Å². The molecular weight excluding hydrogens is 272 g/mol. The van der Waals surface area contributed by atoms with Crippen molar-refractivity contribution >= 4 is 11.5 Å². The maximum atomic E-state index is 14.2. The molecule has 0 unspecified atom stereocenters. The number of anilines is 1. The maximum Gasteiger partial charge on any atom is 0.150 e. The minimum atomic E-state index is -0.710. The Balaban J connectivity index is 2.36. The molecule has 0 radical (unpaired) electrons. The van der Waals surface area contributed by atoms with Crippen molar-refractivity contribution in [2.45, 2.75) is 13.5 Å². The first-order valence-corrected chi connectivity index (χ1v) is 6.65. The Morgan fingerprint density at radius 1 is 1.14 bits per heavy atom. The summed E-state index contributed by atoms with van der Waals surface area (Å²) in [6.07, 6.45) is 0. The van der Waals surface area contributed by atoms with Crippen molar-refractivity contribution in [2.75, 3.05) is 11.4 Å². The summed E-state index contributed by atoms with van der Waals surface area (Å²) in [6, 6.07) is 11.7. The molecule has 0 amide bonds. The molecule has 110 valence electrons. The van der Waals surface area contributed by atoms with E-state index in [0.29, 0.717) is 13.1 Å². The van der Waals surface area contributed by atoms with Crippen LogP contribution in [0.4, 0.5) is 14.5 Å². The quantitative estimate of drug-likeness (QED) is 0.655. The molecule has 0 aliphatic carbocycles. The van der Waals surface area contributed by atoms with Gasteiger partial charge >= 0.3 is 0 Å². The fourth-order valence-electron chi connectivity index (χ4n) is 2.18. The van der Waals surface area contributed by atoms with Crippen LogP contribution < -0.4 is 10.6 Å². The second-order valence-electron chi connectivity index (χ2n) is 4.70. The van der Waals surface area contributed by atoms with Crippen molar-refractivity contribution in [3.05, 3.63) is 65.2 Å². The van der Waals surface area contributed by atoms with Crippen LogP contribution in [0.5, 0.6) is 0 Å². The fourth-order valence-corrected chi connectivity index (χ4v) is 2.18. The zero-order valence-corrected chi connectivity index (χ0v) is 11.7. The van der Waals surface area contributed by atoms with Crippen LogP contribution in [0.2, 0.25) is 0 Å². The molecule has 3 N–H and O–H groups in total. The van der Waals surface area contributed by atoms with E-state index in [1.165, 1.54) is 0 Å². The van der Waals surface area contributed by atoms with Crippen molar-refractivity contribution in [2.24, 2.45) is 5.73 Å². The number of halogens is 2. The summed E-state index contributed by atoms with van der Waals surface area (Å²) in [4.78, 5) is 1.61. The molecule has 0 heterocycles. The standard InChI is InChI=1S/C16H17F2N3/c1-2-21(10-11-6-4-3-5-7-11)15-13(17)8-12(16(19)20)9-14(15)18/h3-9H,2,10H2,1H3,(H3,19,20). The van der Waals surface area contributed by atoms with Gasteiger partial charge in [-0.25, -0.2) is 8.78 Å². The van der Waals surface area contributed by atoms with E-state index in [4.69, 9.17) is 11.1 Å². The van der Waals surface area contributed by atoms with Crippen LogP contribution in [0.3, 0.4) is 0 Å². The Morgan fingerprint density at radius 3 is 2.19 bits per heavy atom. The van der Waals surface area contributed by atoms with Crippen LogP contribution >= 0.6 is 0 Å². The van der Waals surface area contributed by atoms with Gasteiger partial charge in [0.05, 0.1) is 0 Å². The van der Waals surface area contributed by atoms with Gasteiger partial charge in [-0.3, -0.25) is 5.41 Å². The van der Waals surface area contributed by atoms with Crippen molar-refractivity contribution < 1.29 is 8.78 Å². The summed E-state index contributed by atoms with van der Waals surface area (Å²) in [7, 11) is 0. The Kier molecular flexibility index (Phi) is 4.52.